The van der Waals surface area contributed by atoms with Crippen LogP contribution < -0.4 is 0 Å². The molecule has 0 fully saturated rings. The molecule has 3 rings (SSSR count). The molecular weight excluding hydrogens is 413 g/mol. The van der Waals surface area contributed by atoms with Crippen molar-refractivity contribution in [3.8, 4) is 0 Å². The van der Waals surface area contributed by atoms with Crippen LogP contribution >= 0.6 is 11.6 Å². The molecule has 1 aliphatic heterocycles. The zero-order valence-corrected chi connectivity index (χ0v) is 15.4. The number of ketones is 1. The van der Waals surface area contributed by atoms with E-state index in [-0.39, 0.29) is 21.0 Å². The second-order valence-electron chi connectivity index (χ2n) is 5.61. The van der Waals surface area contributed by atoms with Crippen molar-refractivity contribution in [1.82, 2.24) is 4.31 Å². The summed E-state index contributed by atoms with van der Waals surface area (Å²) in [6.45, 7) is 0. The predicted octanol–water partition coefficient (Wildman–Crippen LogP) is 3.19. The minimum absolute atomic E-state index is 0.127. The smallest absolute Gasteiger partial charge is 0.329 e. The molecule has 0 aromatic heterocycles. The summed E-state index contributed by atoms with van der Waals surface area (Å²) in [5, 5.41) is 19.1. The lowest BCUT2D eigenvalue weighted by molar-refractivity contribution is -0.131. The fourth-order valence-electron chi connectivity index (χ4n) is 2.61. The number of halogens is 2. The predicted molar refractivity (Wildman–Crippen MR) is 97.5 cm³/mol. The Hall–Kier alpha value is -3.17. The first kappa shape index (κ1) is 19.6. The summed E-state index contributed by atoms with van der Waals surface area (Å²) in [5.41, 5.74) is -1.03. The maximum Gasteiger partial charge on any atom is 0.329 e. The first-order valence-electron chi connectivity index (χ1n) is 7.62. The Morgan fingerprint density at radius 2 is 1.82 bits per heavy atom. The van der Waals surface area contributed by atoms with E-state index >= 15 is 0 Å². The Morgan fingerprint density at radius 1 is 1.14 bits per heavy atom. The molecule has 0 aliphatic carbocycles. The minimum Gasteiger partial charge on any atom is -0.505 e. The fourth-order valence-corrected chi connectivity index (χ4v) is 4.32. The van der Waals surface area contributed by atoms with Gasteiger partial charge in [0.1, 0.15) is 11.5 Å². The van der Waals surface area contributed by atoms with Gasteiger partial charge in [0.2, 0.25) is 5.78 Å². The van der Waals surface area contributed by atoms with Crippen LogP contribution in [0.5, 0.6) is 0 Å². The lowest BCUT2D eigenvalue weighted by Crippen LogP contribution is -2.36. The maximum absolute atomic E-state index is 13.4. The van der Waals surface area contributed by atoms with Crippen LogP contribution in [-0.2, 0) is 14.8 Å². The molecule has 0 unspecified atom stereocenters. The number of hydrogen-bond acceptors (Lipinski definition) is 5. The van der Waals surface area contributed by atoms with E-state index in [0.717, 1.165) is 18.2 Å². The monoisotopic (exact) mass is 423 g/mol. The van der Waals surface area contributed by atoms with Gasteiger partial charge in [0.05, 0.1) is 9.92 Å². The molecular formula is C18H11ClFNO6S. The zero-order chi connectivity index (χ0) is 20.6. The Kier molecular flexibility index (Phi) is 4.97. The second kappa shape index (κ2) is 7.10. The van der Waals surface area contributed by atoms with Crippen molar-refractivity contribution in [2.75, 3.05) is 0 Å². The van der Waals surface area contributed by atoms with Crippen LogP contribution in [0.1, 0.15) is 15.9 Å². The molecule has 28 heavy (non-hydrogen) atoms. The number of nitrogens with zero attached hydrogens (tertiary/aromatic N) is 1. The van der Waals surface area contributed by atoms with Gasteiger partial charge in [-0.15, -0.1) is 0 Å². The summed E-state index contributed by atoms with van der Waals surface area (Å²) in [7, 11) is -4.39. The number of aliphatic hydroxyl groups is 1. The molecule has 144 valence electrons. The van der Waals surface area contributed by atoms with Gasteiger partial charge in [-0.25, -0.2) is 21.9 Å². The summed E-state index contributed by atoms with van der Waals surface area (Å²) >= 11 is 5.69. The number of carbonyl (C=O) groups excluding carboxylic acids is 1. The Labute approximate surface area is 163 Å². The number of allylic oxidation sites excluding steroid dienone is 1. The molecule has 1 heterocycles. The first-order valence-corrected chi connectivity index (χ1v) is 9.44. The van der Waals surface area contributed by atoms with Gasteiger partial charge in [0.25, 0.3) is 10.0 Å². The lowest BCUT2D eigenvalue weighted by atomic mass is 10.0. The van der Waals surface area contributed by atoms with Gasteiger partial charge in [0, 0.05) is 23.4 Å². The topological polar surface area (TPSA) is 112 Å². The normalized spacial score (nSPS) is 17.5. The summed E-state index contributed by atoms with van der Waals surface area (Å²) in [5.74, 6) is -3.91. The van der Waals surface area contributed by atoms with E-state index in [1.807, 2.05) is 0 Å². The third kappa shape index (κ3) is 3.25. The highest BCUT2D eigenvalue weighted by Gasteiger charge is 2.40. The van der Waals surface area contributed by atoms with Crippen molar-refractivity contribution in [3.05, 3.63) is 82.4 Å². The second-order valence-corrected chi connectivity index (χ2v) is 7.80. The molecule has 0 atom stereocenters. The number of aliphatic hydroxyl groups excluding tert-OH is 1. The largest absolute Gasteiger partial charge is 0.505 e. The van der Waals surface area contributed by atoms with Crippen molar-refractivity contribution in [1.29, 1.82) is 0 Å². The molecule has 7 nitrogen and oxygen atoms in total. The molecule has 2 N–H and O–H groups in total. The average Bonchev–Trinajstić information content (AvgIpc) is 2.65. The summed E-state index contributed by atoms with van der Waals surface area (Å²) in [6, 6.07) is 8.34. The van der Waals surface area contributed by atoms with E-state index in [4.69, 9.17) is 16.7 Å². The molecule has 2 aromatic rings. The number of rotatable bonds is 3. The molecule has 0 saturated heterocycles. The van der Waals surface area contributed by atoms with Crippen LogP contribution in [0.2, 0.25) is 5.02 Å². The first-order chi connectivity index (χ1) is 13.1. The van der Waals surface area contributed by atoms with Gasteiger partial charge in [-0.1, -0.05) is 23.7 Å². The van der Waals surface area contributed by atoms with Gasteiger partial charge in [-0.2, -0.15) is 0 Å². The molecule has 1 aliphatic rings. The molecule has 0 spiro atoms. The Bertz CT molecular complexity index is 1170. The van der Waals surface area contributed by atoms with E-state index in [9.17, 15) is 27.5 Å². The van der Waals surface area contributed by atoms with Gasteiger partial charge < -0.3 is 10.2 Å². The quantitative estimate of drug-likeness (QED) is 0.579. The lowest BCUT2D eigenvalue weighted by Gasteiger charge is -2.29. The third-order valence-electron chi connectivity index (χ3n) is 3.87. The van der Waals surface area contributed by atoms with Crippen molar-refractivity contribution >= 4 is 39.1 Å². The standard InChI is InChI=1S/C18H11ClFNO6S/c19-12-9-10(5-6-13(12)20)17(24)16-18(25)11-3-1-2-4-14(11)28(26,27)21(16)8-7-15(22)23/h1-9,24H,(H,22,23)/b8-7+,17-16+. The number of fused-ring (bicyclic) bond motifs is 1. The van der Waals surface area contributed by atoms with E-state index in [0.29, 0.717) is 16.6 Å². The SMILES string of the molecule is O=C(O)/C=C/N1/C(=C(/O)c2ccc(F)c(Cl)c2)C(=O)c2ccccc2S1(=O)=O. The molecule has 0 amide bonds. The zero-order valence-electron chi connectivity index (χ0n) is 13.8. The van der Waals surface area contributed by atoms with E-state index < -0.39 is 39.0 Å². The highest BCUT2D eigenvalue weighted by molar-refractivity contribution is 7.89. The van der Waals surface area contributed by atoms with Crippen molar-refractivity contribution in [2.45, 2.75) is 4.90 Å². The Balaban J connectivity index is 2.34. The molecule has 10 heteroatoms. The molecule has 0 bridgehead atoms. The summed E-state index contributed by atoms with van der Waals surface area (Å²) < 4.78 is 39.6. The number of Topliss-reactive ketones (excluding diaryl/α,β-unsaturated/α-hetero) is 1. The van der Waals surface area contributed by atoms with Crippen molar-refractivity contribution in [2.24, 2.45) is 0 Å². The van der Waals surface area contributed by atoms with Crippen molar-refractivity contribution < 1.29 is 32.6 Å². The van der Waals surface area contributed by atoms with Crippen LogP contribution in [0.4, 0.5) is 4.39 Å². The van der Waals surface area contributed by atoms with Crippen LogP contribution in [0, 0.1) is 5.82 Å². The van der Waals surface area contributed by atoms with E-state index in [1.54, 1.807) is 0 Å². The number of hydrogen-bond donors (Lipinski definition) is 2. The number of carboxylic acids is 1. The number of carbonyl (C=O) groups is 2. The van der Waals surface area contributed by atoms with Crippen LogP contribution in [0.15, 0.2) is 65.3 Å². The molecule has 2 aromatic carbocycles. The minimum atomic E-state index is -4.39. The molecule has 0 saturated carbocycles. The highest BCUT2D eigenvalue weighted by Crippen LogP contribution is 2.36. The molecule has 0 radical (unpaired) electrons. The number of carboxylic acid groups (broad SMARTS) is 1. The number of aliphatic carboxylic acids is 1. The fraction of sp³-hybridized carbons (Fsp3) is 0. The average molecular weight is 424 g/mol. The highest BCUT2D eigenvalue weighted by atomic mass is 35.5. The van der Waals surface area contributed by atoms with Gasteiger partial charge >= 0.3 is 5.97 Å². The Morgan fingerprint density at radius 3 is 2.46 bits per heavy atom. The van der Waals surface area contributed by atoms with E-state index in [2.05, 4.69) is 0 Å². The summed E-state index contributed by atoms with van der Waals surface area (Å²) in [6.07, 6.45) is 1.14. The van der Waals surface area contributed by atoms with E-state index in [1.165, 1.54) is 24.3 Å². The van der Waals surface area contributed by atoms with Gasteiger partial charge in [-0.05, 0) is 30.3 Å². The maximum atomic E-state index is 13.4. The van der Waals surface area contributed by atoms with Gasteiger partial charge in [0.15, 0.2) is 5.76 Å². The van der Waals surface area contributed by atoms with Crippen LogP contribution in [0.3, 0.4) is 0 Å². The van der Waals surface area contributed by atoms with Gasteiger partial charge in [-0.3, -0.25) is 4.79 Å². The van der Waals surface area contributed by atoms with Crippen LogP contribution in [0.25, 0.3) is 5.76 Å². The number of sulfonamides is 1. The van der Waals surface area contributed by atoms with Crippen molar-refractivity contribution in [3.63, 3.8) is 0 Å². The third-order valence-corrected chi connectivity index (χ3v) is 5.90. The number of benzene rings is 2. The van der Waals surface area contributed by atoms with Crippen LogP contribution in [-0.4, -0.2) is 34.7 Å². The summed E-state index contributed by atoms with van der Waals surface area (Å²) in [4.78, 5) is 23.4.